The molecule has 32 heavy (non-hydrogen) atoms. The summed E-state index contributed by atoms with van der Waals surface area (Å²) in [6, 6.07) is 0. The molecule has 180 valence electrons. The van der Waals surface area contributed by atoms with E-state index in [1.54, 1.807) is 0 Å². The van der Waals surface area contributed by atoms with Crippen molar-refractivity contribution in [2.45, 2.75) is 98.0 Å². The lowest BCUT2D eigenvalue weighted by molar-refractivity contribution is -0.166. The Morgan fingerprint density at radius 2 is 1.88 bits per heavy atom. The van der Waals surface area contributed by atoms with Gasteiger partial charge in [-0.3, -0.25) is 4.79 Å². The van der Waals surface area contributed by atoms with E-state index in [9.17, 15) is 14.7 Å². The largest absolute Gasteiger partial charge is 0.467 e. The molecule has 4 heteroatoms. The molecule has 1 N–H and O–H groups in total. The SMILES string of the molecule is COC(=O)[C@]1(O)C[C@@]2(C)C(=CC[C@H]3[C@@H]4CC[C@H]([C@H](C)CCCC(C)C)[C@@]4(C)CC[C@@H]32)C1=O. The Balaban J connectivity index is 1.55. The van der Waals surface area contributed by atoms with Crippen molar-refractivity contribution in [3.05, 3.63) is 11.6 Å². The Labute approximate surface area is 194 Å². The predicted octanol–water partition coefficient (Wildman–Crippen LogP) is 5.72. The first-order chi connectivity index (χ1) is 15.0. The molecule has 0 bridgehead atoms. The third-order valence-corrected chi connectivity index (χ3v) is 10.4. The van der Waals surface area contributed by atoms with E-state index >= 15 is 0 Å². The summed E-state index contributed by atoms with van der Waals surface area (Å²) < 4.78 is 4.83. The van der Waals surface area contributed by atoms with Gasteiger partial charge in [0, 0.05) is 17.4 Å². The van der Waals surface area contributed by atoms with Gasteiger partial charge >= 0.3 is 5.97 Å². The minimum atomic E-state index is -2.01. The highest BCUT2D eigenvalue weighted by molar-refractivity contribution is 6.18. The van der Waals surface area contributed by atoms with Crippen molar-refractivity contribution < 1.29 is 19.4 Å². The first-order valence-electron chi connectivity index (χ1n) is 13.0. The molecule has 0 unspecified atom stereocenters. The Morgan fingerprint density at radius 3 is 2.53 bits per heavy atom. The van der Waals surface area contributed by atoms with Crippen molar-refractivity contribution in [3.63, 3.8) is 0 Å². The van der Waals surface area contributed by atoms with Gasteiger partial charge in [-0.1, -0.05) is 60.0 Å². The average molecular weight is 445 g/mol. The number of rotatable bonds is 6. The van der Waals surface area contributed by atoms with Crippen molar-refractivity contribution in [1.82, 2.24) is 0 Å². The van der Waals surface area contributed by atoms with E-state index < -0.39 is 22.8 Å². The molecule has 0 aromatic rings. The van der Waals surface area contributed by atoms with Crippen molar-refractivity contribution in [1.29, 1.82) is 0 Å². The quantitative estimate of drug-likeness (QED) is 0.420. The van der Waals surface area contributed by atoms with Gasteiger partial charge in [0.05, 0.1) is 7.11 Å². The number of allylic oxidation sites excluding steroid dienone is 1. The van der Waals surface area contributed by atoms with Crippen LogP contribution < -0.4 is 0 Å². The summed E-state index contributed by atoms with van der Waals surface area (Å²) in [5.74, 6) is 2.70. The second-order valence-electron chi connectivity index (χ2n) is 12.5. The van der Waals surface area contributed by atoms with Gasteiger partial charge in [-0.25, -0.2) is 4.79 Å². The second kappa shape index (κ2) is 8.25. The van der Waals surface area contributed by atoms with Crippen molar-refractivity contribution >= 4 is 11.8 Å². The lowest BCUT2D eigenvalue weighted by Gasteiger charge is -2.55. The molecule has 3 fully saturated rings. The van der Waals surface area contributed by atoms with Crippen LogP contribution in [0.3, 0.4) is 0 Å². The minimum Gasteiger partial charge on any atom is -0.467 e. The maximum atomic E-state index is 13.1. The first-order valence-corrected chi connectivity index (χ1v) is 13.0. The Hall–Kier alpha value is -1.16. The van der Waals surface area contributed by atoms with Crippen LogP contribution in [-0.2, 0) is 14.3 Å². The lowest BCUT2D eigenvalue weighted by Crippen LogP contribution is -2.49. The molecular weight excluding hydrogens is 400 g/mol. The van der Waals surface area contributed by atoms with Gasteiger partial charge in [0.2, 0.25) is 11.4 Å². The highest BCUT2D eigenvalue weighted by atomic mass is 16.5. The van der Waals surface area contributed by atoms with Gasteiger partial charge in [-0.05, 0) is 73.0 Å². The molecular formula is C28H44O4. The van der Waals surface area contributed by atoms with E-state index in [4.69, 9.17) is 4.74 Å². The number of hydrogen-bond acceptors (Lipinski definition) is 4. The molecule has 0 spiro atoms. The predicted molar refractivity (Wildman–Crippen MR) is 126 cm³/mol. The molecule has 0 amide bonds. The third kappa shape index (κ3) is 3.42. The average Bonchev–Trinajstić information content (AvgIpc) is 3.19. The Morgan fingerprint density at radius 1 is 1.16 bits per heavy atom. The Kier molecular flexibility index (Phi) is 6.18. The topological polar surface area (TPSA) is 63.6 Å². The molecule has 0 aromatic carbocycles. The molecule has 4 nitrogen and oxygen atoms in total. The number of methoxy groups -OCH3 is 1. The minimum absolute atomic E-state index is 0.178. The highest BCUT2D eigenvalue weighted by Gasteiger charge is 2.67. The molecule has 0 heterocycles. The fourth-order valence-electron chi connectivity index (χ4n) is 8.87. The van der Waals surface area contributed by atoms with E-state index in [-0.39, 0.29) is 6.42 Å². The molecule has 4 aliphatic carbocycles. The molecule has 8 atom stereocenters. The smallest absolute Gasteiger partial charge is 0.346 e. The maximum Gasteiger partial charge on any atom is 0.346 e. The summed E-state index contributed by atoms with van der Waals surface area (Å²) in [7, 11) is 1.25. The molecule has 4 aliphatic rings. The number of carbonyl (C=O) groups excluding carboxylic acids is 2. The number of Topliss-reactive ketones (excluding diaryl/α,β-unsaturated/α-hetero) is 1. The van der Waals surface area contributed by atoms with Crippen LogP contribution in [0.4, 0.5) is 0 Å². The summed E-state index contributed by atoms with van der Waals surface area (Å²) in [6.45, 7) is 11.8. The first kappa shape index (κ1) is 24.0. The van der Waals surface area contributed by atoms with E-state index in [1.165, 1.54) is 45.6 Å². The molecule has 0 aromatic heterocycles. The standard InChI is InChI=1S/C28H44O4/c1-17(2)8-7-9-18(3)20-12-13-21-19-10-11-23-24(29)28(31,25(30)32-6)16-27(23,5)22(19)14-15-26(20,21)4/h11,17-22,31H,7-10,12-16H2,1-6H3/t18-,19+,20-,21+,22+,26-,27-,28+/m1/s1. The van der Waals surface area contributed by atoms with Gasteiger partial charge in [-0.2, -0.15) is 0 Å². The van der Waals surface area contributed by atoms with Crippen LogP contribution in [0, 0.1) is 46.3 Å². The second-order valence-corrected chi connectivity index (χ2v) is 12.5. The number of ketones is 1. The summed E-state index contributed by atoms with van der Waals surface area (Å²) in [5, 5.41) is 11.0. The van der Waals surface area contributed by atoms with Crippen LogP contribution in [-0.4, -0.2) is 29.6 Å². The van der Waals surface area contributed by atoms with Crippen LogP contribution in [0.2, 0.25) is 0 Å². The number of fused-ring (bicyclic) bond motifs is 5. The monoisotopic (exact) mass is 444 g/mol. The van der Waals surface area contributed by atoms with Crippen molar-refractivity contribution in [2.24, 2.45) is 46.3 Å². The fraction of sp³-hybridized carbons (Fsp3) is 0.857. The van der Waals surface area contributed by atoms with Crippen LogP contribution >= 0.6 is 0 Å². The van der Waals surface area contributed by atoms with Crippen LogP contribution in [0.1, 0.15) is 92.4 Å². The van der Waals surface area contributed by atoms with Gasteiger partial charge in [0.25, 0.3) is 0 Å². The molecule has 4 rings (SSSR count). The zero-order chi connectivity index (χ0) is 23.5. The normalized spacial score (nSPS) is 44.0. The lowest BCUT2D eigenvalue weighted by atomic mass is 9.49. The summed E-state index contributed by atoms with van der Waals surface area (Å²) in [5.41, 5.74) is -1.37. The highest BCUT2D eigenvalue weighted by Crippen LogP contribution is 2.68. The fourth-order valence-corrected chi connectivity index (χ4v) is 8.87. The molecule has 3 saturated carbocycles. The van der Waals surface area contributed by atoms with Gasteiger partial charge in [0.15, 0.2) is 0 Å². The third-order valence-electron chi connectivity index (χ3n) is 10.4. The van der Waals surface area contributed by atoms with E-state index in [2.05, 4.69) is 40.7 Å². The number of hydrogen-bond donors (Lipinski definition) is 1. The summed E-state index contributed by atoms with van der Waals surface area (Å²) in [6.07, 6.45) is 12.1. The zero-order valence-corrected chi connectivity index (χ0v) is 21.1. The summed E-state index contributed by atoms with van der Waals surface area (Å²) in [4.78, 5) is 25.5. The number of carbonyl (C=O) groups is 2. The molecule has 0 saturated heterocycles. The van der Waals surface area contributed by atoms with E-state index in [1.807, 2.05) is 0 Å². The number of aliphatic hydroxyl groups is 1. The van der Waals surface area contributed by atoms with Gasteiger partial charge in [0.1, 0.15) is 0 Å². The molecule has 0 radical (unpaired) electrons. The van der Waals surface area contributed by atoms with Crippen LogP contribution in [0.5, 0.6) is 0 Å². The zero-order valence-electron chi connectivity index (χ0n) is 21.1. The Bertz CT molecular complexity index is 799. The van der Waals surface area contributed by atoms with E-state index in [0.717, 1.165) is 30.6 Å². The number of ether oxygens (including phenoxy) is 1. The summed E-state index contributed by atoms with van der Waals surface area (Å²) >= 11 is 0. The van der Waals surface area contributed by atoms with Crippen molar-refractivity contribution in [3.8, 4) is 0 Å². The van der Waals surface area contributed by atoms with Crippen molar-refractivity contribution in [2.75, 3.05) is 7.11 Å². The van der Waals surface area contributed by atoms with Crippen LogP contribution in [0.25, 0.3) is 0 Å². The van der Waals surface area contributed by atoms with Gasteiger partial charge < -0.3 is 9.84 Å². The van der Waals surface area contributed by atoms with Gasteiger partial charge in [-0.15, -0.1) is 0 Å². The van der Waals surface area contributed by atoms with Crippen LogP contribution in [0.15, 0.2) is 11.6 Å². The van der Waals surface area contributed by atoms with E-state index in [0.29, 0.717) is 28.7 Å². The molecule has 0 aliphatic heterocycles. The maximum absolute atomic E-state index is 13.1. The number of esters is 1.